The average Bonchev–Trinajstić information content (AvgIpc) is 3.42. The summed E-state index contributed by atoms with van der Waals surface area (Å²) in [6, 6.07) is 6.52. The van der Waals surface area contributed by atoms with Crippen LogP contribution in [-0.4, -0.2) is 57.8 Å². The molecule has 2 aliphatic rings. The Labute approximate surface area is 186 Å². The van der Waals surface area contributed by atoms with Gasteiger partial charge < -0.3 is 20.1 Å². The van der Waals surface area contributed by atoms with Gasteiger partial charge in [0, 0.05) is 45.3 Å². The van der Waals surface area contributed by atoms with Gasteiger partial charge in [-0.3, -0.25) is 9.89 Å². The highest BCUT2D eigenvalue weighted by Gasteiger charge is 2.24. The van der Waals surface area contributed by atoms with Gasteiger partial charge in [-0.25, -0.2) is 0 Å². The number of halogens is 1. The Balaban J connectivity index is 0.00000280. The molecule has 1 aromatic carbocycles. The first-order valence-corrected chi connectivity index (χ1v) is 10.1. The molecule has 0 bridgehead atoms. The molecule has 2 fully saturated rings. The second-order valence-corrected chi connectivity index (χ2v) is 7.67. The molecule has 7 heteroatoms. The van der Waals surface area contributed by atoms with Crippen LogP contribution in [0.2, 0.25) is 0 Å². The quantitative estimate of drug-likeness (QED) is 0.235. The number of rotatable bonds is 9. The molecule has 6 nitrogen and oxygen atoms in total. The highest BCUT2D eigenvalue weighted by Crippen LogP contribution is 2.33. The Morgan fingerprint density at radius 2 is 1.86 bits per heavy atom. The van der Waals surface area contributed by atoms with Crippen molar-refractivity contribution >= 4 is 29.9 Å². The van der Waals surface area contributed by atoms with Gasteiger partial charge in [-0.2, -0.15) is 0 Å². The third-order valence-corrected chi connectivity index (χ3v) is 5.43. The molecule has 0 spiro atoms. The maximum absolute atomic E-state index is 5.38. The molecule has 1 saturated heterocycles. The largest absolute Gasteiger partial charge is 0.497 e. The maximum atomic E-state index is 5.38. The van der Waals surface area contributed by atoms with E-state index in [2.05, 4.69) is 32.7 Å². The van der Waals surface area contributed by atoms with Crippen LogP contribution in [0.3, 0.4) is 0 Å². The molecule has 1 heterocycles. The molecular weight excluding hydrogens is 467 g/mol. The summed E-state index contributed by atoms with van der Waals surface area (Å²) in [6.07, 6.45) is 6.59. The number of aliphatic imine (C=N–C) groups is 1. The minimum atomic E-state index is 0. The fraction of sp³-hybridized carbons (Fsp3) is 0.667. The number of benzene rings is 1. The topological polar surface area (TPSA) is 58.1 Å². The molecule has 1 aliphatic carbocycles. The number of methoxy groups -OCH3 is 2. The van der Waals surface area contributed by atoms with E-state index in [1.807, 2.05) is 13.1 Å². The number of nitrogens with zero attached hydrogens (tertiary/aromatic N) is 2. The molecule has 1 aromatic rings. The zero-order valence-corrected chi connectivity index (χ0v) is 19.7. The van der Waals surface area contributed by atoms with E-state index < -0.39 is 0 Å². The number of ether oxygens (including phenoxy) is 2. The van der Waals surface area contributed by atoms with Crippen molar-refractivity contribution in [3.63, 3.8) is 0 Å². The van der Waals surface area contributed by atoms with Crippen LogP contribution in [0.15, 0.2) is 23.2 Å². The third-order valence-electron chi connectivity index (χ3n) is 5.43. The molecule has 1 saturated carbocycles. The van der Waals surface area contributed by atoms with Gasteiger partial charge in [-0.05, 0) is 42.9 Å². The Morgan fingerprint density at radius 1 is 1.14 bits per heavy atom. The number of hydrogen-bond acceptors (Lipinski definition) is 4. The molecule has 158 valence electrons. The predicted molar refractivity (Wildman–Crippen MR) is 125 cm³/mol. The van der Waals surface area contributed by atoms with Gasteiger partial charge in [0.25, 0.3) is 0 Å². The smallest absolute Gasteiger partial charge is 0.191 e. The van der Waals surface area contributed by atoms with E-state index in [9.17, 15) is 0 Å². The highest BCUT2D eigenvalue weighted by atomic mass is 127. The lowest BCUT2D eigenvalue weighted by molar-refractivity contribution is 0.321. The molecule has 0 radical (unpaired) electrons. The van der Waals surface area contributed by atoms with Crippen molar-refractivity contribution in [3.8, 4) is 11.5 Å². The summed E-state index contributed by atoms with van der Waals surface area (Å²) in [6.45, 7) is 4.01. The van der Waals surface area contributed by atoms with Gasteiger partial charge in [-0.1, -0.05) is 12.8 Å². The van der Waals surface area contributed by atoms with Crippen LogP contribution in [0.25, 0.3) is 0 Å². The number of likely N-dealkylation sites (tertiary alicyclic amines) is 1. The summed E-state index contributed by atoms with van der Waals surface area (Å²) in [5.41, 5.74) is 1.22. The summed E-state index contributed by atoms with van der Waals surface area (Å²) in [5, 5.41) is 7.04. The minimum absolute atomic E-state index is 0. The minimum Gasteiger partial charge on any atom is -0.497 e. The molecule has 2 N–H and O–H groups in total. The maximum Gasteiger partial charge on any atom is 0.191 e. The van der Waals surface area contributed by atoms with Crippen molar-refractivity contribution in [1.29, 1.82) is 0 Å². The van der Waals surface area contributed by atoms with Crippen LogP contribution in [0.5, 0.6) is 11.5 Å². The van der Waals surface area contributed by atoms with E-state index in [4.69, 9.17) is 9.47 Å². The fourth-order valence-electron chi connectivity index (χ4n) is 3.70. The first-order chi connectivity index (χ1) is 13.2. The average molecular weight is 502 g/mol. The standard InChI is InChI=1S/C21H34N4O2.HI/c1-22-21(23-9-4-5-16-6-7-16)24-18-8-10-25(15-18)14-17-11-19(26-2)13-20(12-17)27-3;/h11-13,16,18H,4-10,14-15H2,1-3H3,(H2,22,23,24);1H. The number of nitrogens with one attached hydrogen (secondary N) is 2. The van der Waals surface area contributed by atoms with Crippen LogP contribution in [0.1, 0.15) is 37.7 Å². The highest BCUT2D eigenvalue weighted by molar-refractivity contribution is 14.0. The molecular formula is C21H35IN4O2. The van der Waals surface area contributed by atoms with Gasteiger partial charge >= 0.3 is 0 Å². The second kappa shape index (κ2) is 11.7. The summed E-state index contributed by atoms with van der Waals surface area (Å²) in [5.74, 6) is 3.61. The second-order valence-electron chi connectivity index (χ2n) is 7.67. The molecule has 0 amide bonds. The van der Waals surface area contributed by atoms with Gasteiger partial charge in [0.2, 0.25) is 0 Å². The Morgan fingerprint density at radius 3 is 2.46 bits per heavy atom. The zero-order chi connectivity index (χ0) is 19.1. The van der Waals surface area contributed by atoms with Gasteiger partial charge in [0.05, 0.1) is 14.2 Å². The van der Waals surface area contributed by atoms with E-state index in [1.54, 1.807) is 14.2 Å². The summed E-state index contributed by atoms with van der Waals surface area (Å²) in [4.78, 5) is 6.85. The Bertz CT molecular complexity index is 615. The molecule has 1 unspecified atom stereocenters. The van der Waals surface area contributed by atoms with Gasteiger partial charge in [-0.15, -0.1) is 24.0 Å². The van der Waals surface area contributed by atoms with Crippen molar-refractivity contribution in [2.24, 2.45) is 10.9 Å². The number of hydrogen-bond donors (Lipinski definition) is 2. The van der Waals surface area contributed by atoms with Gasteiger partial charge in [0.15, 0.2) is 5.96 Å². The Hall–Kier alpha value is -1.22. The number of guanidine groups is 1. The summed E-state index contributed by atoms with van der Waals surface area (Å²) < 4.78 is 10.8. The Kier molecular flexibility index (Phi) is 9.64. The first kappa shape index (κ1) is 23.1. The first-order valence-electron chi connectivity index (χ1n) is 10.1. The summed E-state index contributed by atoms with van der Waals surface area (Å²) >= 11 is 0. The zero-order valence-electron chi connectivity index (χ0n) is 17.4. The molecule has 28 heavy (non-hydrogen) atoms. The summed E-state index contributed by atoms with van der Waals surface area (Å²) in [7, 11) is 5.24. The van der Waals surface area contributed by atoms with Crippen LogP contribution in [0.4, 0.5) is 0 Å². The SMILES string of the molecule is CN=C(NCCCC1CC1)NC1CCN(Cc2cc(OC)cc(OC)c2)C1.I. The molecule has 1 atom stereocenters. The lowest BCUT2D eigenvalue weighted by Gasteiger charge is -2.19. The van der Waals surface area contributed by atoms with Crippen molar-refractivity contribution in [2.75, 3.05) is 40.9 Å². The van der Waals surface area contributed by atoms with Crippen LogP contribution in [0, 0.1) is 5.92 Å². The van der Waals surface area contributed by atoms with E-state index >= 15 is 0 Å². The normalized spacial score (nSPS) is 19.8. The molecule has 3 rings (SSSR count). The monoisotopic (exact) mass is 502 g/mol. The van der Waals surface area contributed by atoms with Crippen LogP contribution >= 0.6 is 24.0 Å². The van der Waals surface area contributed by atoms with Crippen molar-refractivity contribution in [1.82, 2.24) is 15.5 Å². The molecule has 0 aromatic heterocycles. The van der Waals surface area contributed by atoms with Crippen molar-refractivity contribution < 1.29 is 9.47 Å². The van der Waals surface area contributed by atoms with Crippen LogP contribution in [-0.2, 0) is 6.54 Å². The van der Waals surface area contributed by atoms with E-state index in [-0.39, 0.29) is 24.0 Å². The lowest BCUT2D eigenvalue weighted by Crippen LogP contribution is -2.44. The predicted octanol–water partition coefficient (Wildman–Crippen LogP) is 3.25. The lowest BCUT2D eigenvalue weighted by atomic mass is 10.2. The molecule has 1 aliphatic heterocycles. The van der Waals surface area contributed by atoms with Crippen molar-refractivity contribution in [3.05, 3.63) is 23.8 Å². The fourth-order valence-corrected chi connectivity index (χ4v) is 3.70. The third kappa shape index (κ3) is 7.31. The van der Waals surface area contributed by atoms with Crippen LogP contribution < -0.4 is 20.1 Å². The van der Waals surface area contributed by atoms with Gasteiger partial charge in [0.1, 0.15) is 11.5 Å². The van der Waals surface area contributed by atoms with E-state index in [0.717, 1.165) is 56.0 Å². The van der Waals surface area contributed by atoms with E-state index in [1.165, 1.54) is 31.2 Å². The van der Waals surface area contributed by atoms with Crippen molar-refractivity contribution in [2.45, 2.75) is 44.7 Å². The van der Waals surface area contributed by atoms with E-state index in [0.29, 0.717) is 6.04 Å².